The standard InChI is InChI=1S/C14H24N4O3/c1-3-11(4-5-13(19)20)6-8-15-14(21)16-10-12-7-9-18(2)17-12/h7,9,11H,3-6,8,10H2,1-2H3,(H,19,20)(H2,15,16,21). The molecule has 0 aromatic carbocycles. The Morgan fingerprint density at radius 3 is 2.71 bits per heavy atom. The Morgan fingerprint density at radius 2 is 2.14 bits per heavy atom. The fourth-order valence-electron chi connectivity index (χ4n) is 2.06. The van der Waals surface area contributed by atoms with E-state index in [1.54, 1.807) is 4.68 Å². The minimum absolute atomic E-state index is 0.185. The second-order valence-electron chi connectivity index (χ2n) is 5.09. The zero-order valence-electron chi connectivity index (χ0n) is 12.6. The average molecular weight is 296 g/mol. The predicted molar refractivity (Wildman–Crippen MR) is 78.7 cm³/mol. The number of hydrogen-bond donors (Lipinski definition) is 3. The minimum Gasteiger partial charge on any atom is -0.481 e. The predicted octanol–water partition coefficient (Wildman–Crippen LogP) is 1.50. The molecule has 1 unspecified atom stereocenters. The van der Waals surface area contributed by atoms with Crippen LogP contribution in [0.3, 0.4) is 0 Å². The maximum Gasteiger partial charge on any atom is 0.315 e. The highest BCUT2D eigenvalue weighted by atomic mass is 16.4. The first-order chi connectivity index (χ1) is 10.0. The van der Waals surface area contributed by atoms with Crippen LogP contribution in [0.15, 0.2) is 12.3 Å². The Kier molecular flexibility index (Phi) is 7.28. The van der Waals surface area contributed by atoms with Crippen LogP contribution < -0.4 is 10.6 Å². The summed E-state index contributed by atoms with van der Waals surface area (Å²) in [6.07, 6.45) is 4.38. The first-order valence-electron chi connectivity index (χ1n) is 7.23. The topological polar surface area (TPSA) is 96.3 Å². The Labute approximate surface area is 124 Å². The molecular weight excluding hydrogens is 272 g/mol. The van der Waals surface area contributed by atoms with E-state index in [0.717, 1.165) is 18.5 Å². The van der Waals surface area contributed by atoms with Crippen LogP contribution >= 0.6 is 0 Å². The Morgan fingerprint density at radius 1 is 1.38 bits per heavy atom. The van der Waals surface area contributed by atoms with E-state index >= 15 is 0 Å². The lowest BCUT2D eigenvalue weighted by molar-refractivity contribution is -0.137. The molecule has 7 nitrogen and oxygen atoms in total. The summed E-state index contributed by atoms with van der Waals surface area (Å²) in [7, 11) is 1.82. The third kappa shape index (κ3) is 7.34. The fraction of sp³-hybridized carbons (Fsp3) is 0.643. The molecule has 0 saturated carbocycles. The van der Waals surface area contributed by atoms with Crippen LogP contribution in [0.4, 0.5) is 4.79 Å². The van der Waals surface area contributed by atoms with Gasteiger partial charge in [0, 0.05) is 26.2 Å². The van der Waals surface area contributed by atoms with Gasteiger partial charge < -0.3 is 15.7 Å². The third-order valence-electron chi connectivity index (χ3n) is 3.38. The summed E-state index contributed by atoms with van der Waals surface area (Å²) in [5.41, 5.74) is 0.806. The molecule has 118 valence electrons. The van der Waals surface area contributed by atoms with Crippen molar-refractivity contribution in [3.8, 4) is 0 Å². The number of carbonyl (C=O) groups excluding carboxylic acids is 1. The lowest BCUT2D eigenvalue weighted by Crippen LogP contribution is -2.36. The van der Waals surface area contributed by atoms with Crippen molar-refractivity contribution >= 4 is 12.0 Å². The van der Waals surface area contributed by atoms with Crippen LogP contribution in [0.25, 0.3) is 0 Å². The van der Waals surface area contributed by atoms with Gasteiger partial charge in [0.2, 0.25) is 0 Å². The van der Waals surface area contributed by atoms with Gasteiger partial charge in [0.25, 0.3) is 0 Å². The monoisotopic (exact) mass is 296 g/mol. The number of carbonyl (C=O) groups is 2. The van der Waals surface area contributed by atoms with Gasteiger partial charge in [0.15, 0.2) is 0 Å². The van der Waals surface area contributed by atoms with E-state index in [0.29, 0.717) is 25.4 Å². The van der Waals surface area contributed by atoms with Crippen LogP contribution in [-0.4, -0.2) is 33.4 Å². The Balaban J connectivity index is 2.15. The molecule has 3 N–H and O–H groups in total. The molecule has 7 heteroatoms. The summed E-state index contributed by atoms with van der Waals surface area (Å²) in [6, 6.07) is 1.62. The SMILES string of the molecule is CCC(CCNC(=O)NCc1ccn(C)n1)CCC(=O)O. The number of carboxylic acid groups (broad SMARTS) is 1. The van der Waals surface area contributed by atoms with Gasteiger partial charge >= 0.3 is 12.0 Å². The minimum atomic E-state index is -0.769. The number of aliphatic carboxylic acids is 1. The molecule has 21 heavy (non-hydrogen) atoms. The highest BCUT2D eigenvalue weighted by molar-refractivity contribution is 5.73. The lowest BCUT2D eigenvalue weighted by atomic mass is 9.97. The second-order valence-corrected chi connectivity index (χ2v) is 5.09. The van der Waals surface area contributed by atoms with E-state index in [1.807, 2.05) is 26.2 Å². The summed E-state index contributed by atoms with van der Waals surface area (Å²) in [6.45, 7) is 2.97. The van der Waals surface area contributed by atoms with Gasteiger partial charge in [-0.15, -0.1) is 0 Å². The number of hydrogen-bond acceptors (Lipinski definition) is 3. The summed E-state index contributed by atoms with van der Waals surface area (Å²) >= 11 is 0. The number of aromatic nitrogens is 2. The van der Waals surface area contributed by atoms with Crippen molar-refractivity contribution < 1.29 is 14.7 Å². The summed E-state index contributed by atoms with van der Waals surface area (Å²) in [5, 5.41) is 18.3. The van der Waals surface area contributed by atoms with E-state index < -0.39 is 5.97 Å². The number of nitrogens with zero attached hydrogens (tertiary/aromatic N) is 2. The quantitative estimate of drug-likeness (QED) is 0.643. The van der Waals surface area contributed by atoms with E-state index in [9.17, 15) is 9.59 Å². The van der Waals surface area contributed by atoms with Crippen molar-refractivity contribution in [2.24, 2.45) is 13.0 Å². The smallest absolute Gasteiger partial charge is 0.315 e. The molecule has 1 atom stereocenters. The molecule has 0 radical (unpaired) electrons. The molecule has 2 amide bonds. The zero-order chi connectivity index (χ0) is 15.7. The second kappa shape index (κ2) is 8.99. The van der Waals surface area contributed by atoms with Crippen LogP contribution in [-0.2, 0) is 18.4 Å². The molecular formula is C14H24N4O3. The van der Waals surface area contributed by atoms with Crippen molar-refractivity contribution in [1.29, 1.82) is 0 Å². The Hall–Kier alpha value is -2.05. The number of aryl methyl sites for hydroxylation is 1. The molecule has 1 rings (SSSR count). The molecule has 0 aliphatic carbocycles. The van der Waals surface area contributed by atoms with Crippen molar-refractivity contribution in [3.05, 3.63) is 18.0 Å². The van der Waals surface area contributed by atoms with Gasteiger partial charge in [0.1, 0.15) is 0 Å². The number of rotatable bonds is 9. The van der Waals surface area contributed by atoms with Crippen molar-refractivity contribution in [1.82, 2.24) is 20.4 Å². The number of urea groups is 1. The van der Waals surface area contributed by atoms with E-state index in [2.05, 4.69) is 15.7 Å². The maximum absolute atomic E-state index is 11.6. The van der Waals surface area contributed by atoms with Crippen molar-refractivity contribution in [3.63, 3.8) is 0 Å². The van der Waals surface area contributed by atoms with E-state index in [-0.39, 0.29) is 12.5 Å². The van der Waals surface area contributed by atoms with Gasteiger partial charge in [-0.05, 0) is 24.8 Å². The molecule has 0 spiro atoms. The van der Waals surface area contributed by atoms with E-state index in [1.165, 1.54) is 0 Å². The highest BCUT2D eigenvalue weighted by Gasteiger charge is 2.09. The maximum atomic E-state index is 11.6. The van der Waals surface area contributed by atoms with Gasteiger partial charge in [0.05, 0.1) is 12.2 Å². The van der Waals surface area contributed by atoms with Crippen molar-refractivity contribution in [2.45, 2.75) is 39.2 Å². The molecule has 1 aromatic rings. The van der Waals surface area contributed by atoms with Gasteiger partial charge in [-0.1, -0.05) is 13.3 Å². The molecule has 0 aliphatic heterocycles. The third-order valence-corrected chi connectivity index (χ3v) is 3.38. The molecule has 1 heterocycles. The molecule has 0 aliphatic rings. The summed E-state index contributed by atoms with van der Waals surface area (Å²) < 4.78 is 1.68. The van der Waals surface area contributed by atoms with Gasteiger partial charge in [-0.2, -0.15) is 5.10 Å². The molecule has 1 aromatic heterocycles. The van der Waals surface area contributed by atoms with Crippen LogP contribution in [0.5, 0.6) is 0 Å². The zero-order valence-corrected chi connectivity index (χ0v) is 12.6. The number of amides is 2. The van der Waals surface area contributed by atoms with Crippen molar-refractivity contribution in [2.75, 3.05) is 6.54 Å². The molecule has 0 saturated heterocycles. The first kappa shape index (κ1) is 17.0. The van der Waals surface area contributed by atoms with Crippen LogP contribution in [0.1, 0.15) is 38.3 Å². The largest absolute Gasteiger partial charge is 0.481 e. The highest BCUT2D eigenvalue weighted by Crippen LogP contribution is 2.14. The first-order valence-corrected chi connectivity index (χ1v) is 7.23. The number of nitrogens with one attached hydrogen (secondary N) is 2. The normalized spacial score (nSPS) is 11.9. The van der Waals surface area contributed by atoms with E-state index in [4.69, 9.17) is 5.11 Å². The van der Waals surface area contributed by atoms with Gasteiger partial charge in [-0.25, -0.2) is 4.79 Å². The average Bonchev–Trinajstić information content (AvgIpc) is 2.86. The summed E-state index contributed by atoms with van der Waals surface area (Å²) in [4.78, 5) is 22.1. The Bertz CT molecular complexity index is 459. The van der Waals surface area contributed by atoms with Crippen LogP contribution in [0, 0.1) is 5.92 Å². The van der Waals surface area contributed by atoms with Gasteiger partial charge in [-0.3, -0.25) is 9.48 Å². The molecule has 0 bridgehead atoms. The number of carboxylic acids is 1. The molecule has 0 fully saturated rings. The lowest BCUT2D eigenvalue weighted by Gasteiger charge is -2.14. The van der Waals surface area contributed by atoms with Crippen LogP contribution in [0.2, 0.25) is 0 Å². The fourth-order valence-corrected chi connectivity index (χ4v) is 2.06. The summed E-state index contributed by atoms with van der Waals surface area (Å²) in [5.74, 6) is -0.438.